The van der Waals surface area contributed by atoms with Crippen molar-refractivity contribution in [3.8, 4) is 11.3 Å². The van der Waals surface area contributed by atoms with E-state index >= 15 is 0 Å². The Hall–Kier alpha value is -2.66. The van der Waals surface area contributed by atoms with Gasteiger partial charge in [0.1, 0.15) is 11.5 Å². The van der Waals surface area contributed by atoms with Gasteiger partial charge in [-0.05, 0) is 49.7 Å². The molecule has 140 valence electrons. The summed E-state index contributed by atoms with van der Waals surface area (Å²) in [5.41, 5.74) is 5.49. The first-order chi connectivity index (χ1) is 13.1. The Morgan fingerprint density at radius 2 is 1.67 bits per heavy atom. The van der Waals surface area contributed by atoms with E-state index in [0.717, 1.165) is 55.3 Å². The second-order valence-corrected chi connectivity index (χ2v) is 7.14. The Morgan fingerprint density at radius 3 is 2.37 bits per heavy atom. The fourth-order valence-electron chi connectivity index (χ4n) is 3.66. The largest absolute Gasteiger partial charge is 0.369 e. The zero-order chi connectivity index (χ0) is 18.8. The molecular weight excluding hydrogens is 341 g/mol. The summed E-state index contributed by atoms with van der Waals surface area (Å²) in [5.74, 6) is 0.478. The molecule has 1 aliphatic rings. The van der Waals surface area contributed by atoms with Crippen molar-refractivity contribution in [2.75, 3.05) is 31.1 Å². The highest BCUT2D eigenvalue weighted by atomic mass is 19.1. The molecule has 4 rings (SSSR count). The quantitative estimate of drug-likeness (QED) is 0.685. The summed E-state index contributed by atoms with van der Waals surface area (Å²) in [4.78, 5) is 4.86. The Bertz CT molecular complexity index is 912. The SMILES string of the molecule is Cc1ccccc1N1CCN(Cc2noc(-c3ccc(F)cc3)c2C)CC1. The van der Waals surface area contributed by atoms with E-state index in [9.17, 15) is 4.39 Å². The minimum Gasteiger partial charge on any atom is -0.369 e. The third kappa shape index (κ3) is 3.74. The van der Waals surface area contributed by atoms with E-state index < -0.39 is 0 Å². The van der Waals surface area contributed by atoms with Crippen LogP contribution in [0.3, 0.4) is 0 Å². The standard InChI is InChI=1S/C22H24FN3O/c1-16-5-3-4-6-21(16)26-13-11-25(12-14-26)15-20-17(2)22(27-24-20)18-7-9-19(23)10-8-18/h3-10H,11-15H2,1-2H3. The van der Waals surface area contributed by atoms with Gasteiger partial charge in [-0.1, -0.05) is 23.4 Å². The second kappa shape index (κ2) is 7.53. The van der Waals surface area contributed by atoms with E-state index in [0.29, 0.717) is 0 Å². The smallest absolute Gasteiger partial charge is 0.170 e. The number of anilines is 1. The Labute approximate surface area is 159 Å². The molecule has 1 aromatic heterocycles. The van der Waals surface area contributed by atoms with Gasteiger partial charge in [0.15, 0.2) is 5.76 Å². The first-order valence-electron chi connectivity index (χ1n) is 9.36. The number of rotatable bonds is 4. The summed E-state index contributed by atoms with van der Waals surface area (Å²) in [6, 6.07) is 14.9. The lowest BCUT2D eigenvalue weighted by Crippen LogP contribution is -2.46. The molecule has 0 aliphatic carbocycles. The lowest BCUT2D eigenvalue weighted by Gasteiger charge is -2.36. The average Bonchev–Trinajstić information content (AvgIpc) is 3.04. The number of benzene rings is 2. The van der Waals surface area contributed by atoms with Gasteiger partial charge in [0.2, 0.25) is 0 Å². The monoisotopic (exact) mass is 365 g/mol. The molecule has 0 spiro atoms. The van der Waals surface area contributed by atoms with Crippen LogP contribution in [0, 0.1) is 19.7 Å². The van der Waals surface area contributed by atoms with Crippen LogP contribution in [0.15, 0.2) is 53.1 Å². The van der Waals surface area contributed by atoms with Crippen molar-refractivity contribution in [3.63, 3.8) is 0 Å². The summed E-state index contributed by atoms with van der Waals surface area (Å²) in [6.45, 7) is 8.96. The van der Waals surface area contributed by atoms with Gasteiger partial charge in [-0.2, -0.15) is 0 Å². The lowest BCUT2D eigenvalue weighted by molar-refractivity contribution is 0.242. The molecule has 27 heavy (non-hydrogen) atoms. The zero-order valence-corrected chi connectivity index (χ0v) is 15.8. The minimum atomic E-state index is -0.248. The van der Waals surface area contributed by atoms with Gasteiger partial charge in [0, 0.05) is 49.5 Å². The maximum Gasteiger partial charge on any atom is 0.170 e. The maximum absolute atomic E-state index is 13.1. The van der Waals surface area contributed by atoms with E-state index in [1.807, 2.05) is 6.92 Å². The van der Waals surface area contributed by atoms with Crippen LogP contribution in [0.4, 0.5) is 10.1 Å². The van der Waals surface area contributed by atoms with Crippen molar-refractivity contribution < 1.29 is 8.91 Å². The first kappa shape index (κ1) is 17.7. The molecule has 0 radical (unpaired) electrons. The van der Waals surface area contributed by atoms with Gasteiger partial charge in [0.05, 0.1) is 0 Å². The van der Waals surface area contributed by atoms with Crippen molar-refractivity contribution >= 4 is 5.69 Å². The first-order valence-corrected chi connectivity index (χ1v) is 9.36. The maximum atomic E-state index is 13.1. The summed E-state index contributed by atoms with van der Waals surface area (Å²) in [7, 11) is 0. The number of aromatic nitrogens is 1. The molecule has 4 nitrogen and oxygen atoms in total. The lowest BCUT2D eigenvalue weighted by atomic mass is 10.1. The van der Waals surface area contributed by atoms with E-state index in [2.05, 4.69) is 46.1 Å². The van der Waals surface area contributed by atoms with Crippen LogP contribution in [0.2, 0.25) is 0 Å². The van der Waals surface area contributed by atoms with Crippen LogP contribution < -0.4 is 4.90 Å². The number of hydrogen-bond donors (Lipinski definition) is 0. The molecule has 0 bridgehead atoms. The summed E-state index contributed by atoms with van der Waals surface area (Å²) in [5, 5.41) is 4.28. The van der Waals surface area contributed by atoms with Crippen molar-refractivity contribution in [1.82, 2.24) is 10.1 Å². The number of nitrogens with zero attached hydrogens (tertiary/aromatic N) is 3. The number of piperazine rings is 1. The predicted octanol–water partition coefficient (Wildman–Crippen LogP) is 4.42. The fourth-order valence-corrected chi connectivity index (χ4v) is 3.66. The molecule has 1 fully saturated rings. The van der Waals surface area contributed by atoms with Gasteiger partial charge in [-0.25, -0.2) is 4.39 Å². The Morgan fingerprint density at radius 1 is 0.963 bits per heavy atom. The molecule has 2 heterocycles. The Kier molecular flexibility index (Phi) is 4.94. The third-order valence-corrected chi connectivity index (χ3v) is 5.33. The highest BCUT2D eigenvalue weighted by molar-refractivity contribution is 5.61. The topological polar surface area (TPSA) is 32.5 Å². The van der Waals surface area contributed by atoms with Crippen LogP contribution in [0.25, 0.3) is 11.3 Å². The number of aryl methyl sites for hydroxylation is 1. The number of halogens is 1. The molecule has 1 aliphatic heterocycles. The molecular formula is C22H24FN3O. The van der Waals surface area contributed by atoms with E-state index in [1.165, 1.54) is 23.4 Å². The molecule has 0 saturated carbocycles. The molecule has 3 aromatic rings. The highest BCUT2D eigenvalue weighted by Gasteiger charge is 2.21. The summed E-state index contributed by atoms with van der Waals surface area (Å²) < 4.78 is 18.7. The normalized spacial score (nSPS) is 15.3. The van der Waals surface area contributed by atoms with Crippen LogP contribution >= 0.6 is 0 Å². The fraction of sp³-hybridized carbons (Fsp3) is 0.318. The molecule has 0 unspecified atom stereocenters. The molecule has 0 atom stereocenters. The molecule has 1 saturated heterocycles. The van der Waals surface area contributed by atoms with E-state index in [4.69, 9.17) is 4.52 Å². The van der Waals surface area contributed by atoms with Gasteiger partial charge in [-0.15, -0.1) is 0 Å². The van der Waals surface area contributed by atoms with Crippen LogP contribution in [-0.2, 0) is 6.54 Å². The van der Waals surface area contributed by atoms with E-state index in [-0.39, 0.29) is 5.82 Å². The third-order valence-electron chi connectivity index (χ3n) is 5.33. The molecule has 2 aromatic carbocycles. The predicted molar refractivity (Wildman–Crippen MR) is 105 cm³/mol. The minimum absolute atomic E-state index is 0.248. The average molecular weight is 365 g/mol. The molecule has 0 amide bonds. The van der Waals surface area contributed by atoms with Gasteiger partial charge in [0.25, 0.3) is 0 Å². The van der Waals surface area contributed by atoms with Crippen LogP contribution in [0.5, 0.6) is 0 Å². The molecule has 0 N–H and O–H groups in total. The van der Waals surface area contributed by atoms with Crippen LogP contribution in [-0.4, -0.2) is 36.2 Å². The molecule has 5 heteroatoms. The van der Waals surface area contributed by atoms with Crippen molar-refractivity contribution in [3.05, 3.63) is 71.2 Å². The van der Waals surface area contributed by atoms with Gasteiger partial charge >= 0.3 is 0 Å². The van der Waals surface area contributed by atoms with Crippen LogP contribution in [0.1, 0.15) is 16.8 Å². The summed E-state index contributed by atoms with van der Waals surface area (Å²) >= 11 is 0. The van der Waals surface area contributed by atoms with Gasteiger partial charge in [-0.3, -0.25) is 4.90 Å². The Balaban J connectivity index is 1.41. The van der Waals surface area contributed by atoms with Crippen molar-refractivity contribution in [1.29, 1.82) is 0 Å². The number of para-hydroxylation sites is 1. The van der Waals surface area contributed by atoms with Crippen molar-refractivity contribution in [2.24, 2.45) is 0 Å². The van der Waals surface area contributed by atoms with Gasteiger partial charge < -0.3 is 9.42 Å². The zero-order valence-electron chi connectivity index (χ0n) is 15.8. The summed E-state index contributed by atoms with van der Waals surface area (Å²) in [6.07, 6.45) is 0. The second-order valence-electron chi connectivity index (χ2n) is 7.14. The van der Waals surface area contributed by atoms with E-state index in [1.54, 1.807) is 12.1 Å². The number of hydrogen-bond acceptors (Lipinski definition) is 4. The highest BCUT2D eigenvalue weighted by Crippen LogP contribution is 2.27. The van der Waals surface area contributed by atoms with Crippen molar-refractivity contribution in [2.45, 2.75) is 20.4 Å².